The molecule has 0 radical (unpaired) electrons. The molecule has 0 saturated carbocycles. The third-order valence-corrected chi connectivity index (χ3v) is 9.97. The number of anilines is 1. The first-order chi connectivity index (χ1) is 21.2. The number of esters is 1. The summed E-state index contributed by atoms with van der Waals surface area (Å²) in [5, 5.41) is -1.08. The molecule has 1 aliphatic rings. The molecule has 0 saturated heterocycles. The first kappa shape index (κ1) is 31.0. The summed E-state index contributed by atoms with van der Waals surface area (Å²) < 4.78 is 45.9. The average molecular weight is 633 g/mol. The maximum Gasteiger partial charge on any atom is 0.346 e. The molecule has 3 aromatic carbocycles. The number of hydrogen-bond donors (Lipinski definition) is 1. The van der Waals surface area contributed by atoms with E-state index < -0.39 is 32.0 Å². The van der Waals surface area contributed by atoms with Crippen LogP contribution in [0.5, 0.6) is 11.5 Å². The molecule has 0 bridgehead atoms. The third-order valence-electron chi connectivity index (χ3n) is 6.86. The maximum atomic E-state index is 14.4. The Balaban J connectivity index is 1.84. The zero-order chi connectivity index (χ0) is 31.4. The van der Waals surface area contributed by atoms with Crippen molar-refractivity contribution in [2.45, 2.75) is 35.9 Å². The molecular formula is C33H32N2O7S2. The van der Waals surface area contributed by atoms with Gasteiger partial charge in [-0.2, -0.15) is 0 Å². The van der Waals surface area contributed by atoms with Crippen molar-refractivity contribution in [2.75, 3.05) is 25.6 Å². The van der Waals surface area contributed by atoms with E-state index in [0.29, 0.717) is 35.8 Å². The molecule has 0 aliphatic carbocycles. The predicted octanol–water partition coefficient (Wildman–Crippen LogP) is 4.33. The molecule has 2 heterocycles. The number of nitrogen functional groups attached to an aromatic ring is 1. The van der Waals surface area contributed by atoms with Gasteiger partial charge in [0.05, 0.1) is 35.8 Å². The number of fused-ring (bicyclic) bond motifs is 1. The van der Waals surface area contributed by atoms with Crippen LogP contribution in [0.3, 0.4) is 0 Å². The summed E-state index contributed by atoms with van der Waals surface area (Å²) in [6, 6.07) is 21.7. The second kappa shape index (κ2) is 13.0. The maximum absolute atomic E-state index is 14.4. The number of nitrogens with zero attached hydrogens (tertiary/aromatic N) is 1. The summed E-state index contributed by atoms with van der Waals surface area (Å²) in [4.78, 5) is 27.9. The topological polar surface area (TPSA) is 127 Å². The van der Waals surface area contributed by atoms with Crippen LogP contribution in [0, 0.1) is 0 Å². The van der Waals surface area contributed by atoms with Gasteiger partial charge in [0.2, 0.25) is 15.7 Å². The number of sulfone groups is 1. The summed E-state index contributed by atoms with van der Waals surface area (Å²) in [6.45, 7) is 6.46. The fourth-order valence-electron chi connectivity index (χ4n) is 4.93. The molecule has 2 N–H and O–H groups in total. The van der Waals surface area contributed by atoms with Gasteiger partial charge in [-0.1, -0.05) is 54.2 Å². The van der Waals surface area contributed by atoms with Crippen LogP contribution in [0.4, 0.5) is 5.69 Å². The van der Waals surface area contributed by atoms with Gasteiger partial charge in [-0.15, -0.1) is 0 Å². The Morgan fingerprint density at radius 2 is 1.48 bits per heavy atom. The number of nitrogens with two attached hydrogens (primary N) is 1. The van der Waals surface area contributed by atoms with E-state index in [1.54, 1.807) is 79.7 Å². The number of thioether (sulfide) groups is 1. The molecule has 5 rings (SSSR count). The molecule has 1 unspecified atom stereocenters. The normalized spacial score (nSPS) is 15.2. The molecule has 1 aromatic heterocycles. The van der Waals surface area contributed by atoms with Crippen molar-refractivity contribution in [2.24, 2.45) is 0 Å². The van der Waals surface area contributed by atoms with Gasteiger partial charge >= 0.3 is 5.97 Å². The van der Waals surface area contributed by atoms with E-state index in [1.807, 2.05) is 13.8 Å². The van der Waals surface area contributed by atoms with Crippen molar-refractivity contribution in [3.05, 3.63) is 101 Å². The largest absolute Gasteiger partial charge is 0.494 e. The zero-order valence-electron chi connectivity index (χ0n) is 24.5. The lowest BCUT2D eigenvalue weighted by molar-refractivity contribution is -0.135. The summed E-state index contributed by atoms with van der Waals surface area (Å²) in [6.07, 6.45) is 1.66. The molecule has 11 heteroatoms. The lowest BCUT2D eigenvalue weighted by Gasteiger charge is -2.24. The minimum absolute atomic E-state index is 0.0408. The molecule has 44 heavy (non-hydrogen) atoms. The number of benzene rings is 3. The van der Waals surface area contributed by atoms with Crippen molar-refractivity contribution in [3.8, 4) is 11.5 Å². The average Bonchev–Trinajstić information content (AvgIpc) is 3.32. The smallest absolute Gasteiger partial charge is 0.346 e. The number of carbonyl (C=O) groups excluding carboxylic acids is 2. The van der Waals surface area contributed by atoms with Crippen molar-refractivity contribution in [1.82, 2.24) is 4.57 Å². The van der Waals surface area contributed by atoms with Crippen LogP contribution in [0.15, 0.2) is 88.8 Å². The van der Waals surface area contributed by atoms with Crippen molar-refractivity contribution in [1.29, 1.82) is 0 Å². The molecule has 4 aromatic rings. The first-order valence-corrected chi connectivity index (χ1v) is 16.5. The Bertz CT molecular complexity index is 1920. The number of aromatic nitrogens is 1. The van der Waals surface area contributed by atoms with Gasteiger partial charge in [0.25, 0.3) is 0 Å². The Kier molecular flexibility index (Phi) is 9.17. The summed E-state index contributed by atoms with van der Waals surface area (Å²) >= 11 is 1.01. The molecule has 1 aliphatic heterocycles. The van der Waals surface area contributed by atoms with E-state index in [4.69, 9.17) is 19.9 Å². The number of hydrogen-bond acceptors (Lipinski definition) is 9. The highest BCUT2D eigenvalue weighted by Gasteiger charge is 2.40. The standard InChI is InChI=1S/C33H32N2O7S2/c1-4-40-23-16-12-21(13-17-23)20-26-27(34)32(44(38,39)25-10-8-7-9-11-25)35-28(26)30(33(37)42-6-3)43-29(31(35)36)22-14-18-24(19-15-22)41-5-2/h7-20,29H,4-6,34H2,1-3H3/b26-20+. The fraction of sp³-hybridized carbons (Fsp3) is 0.212. The van der Waals surface area contributed by atoms with E-state index in [2.05, 4.69) is 0 Å². The van der Waals surface area contributed by atoms with Crippen LogP contribution < -0.4 is 25.8 Å². The number of carbonyl (C=O) groups is 2. The summed E-state index contributed by atoms with van der Waals surface area (Å²) in [5.41, 5.74) is 7.73. The second-order valence-electron chi connectivity index (χ2n) is 9.67. The molecular weight excluding hydrogens is 601 g/mol. The van der Waals surface area contributed by atoms with E-state index in [0.717, 1.165) is 16.3 Å². The highest BCUT2D eigenvalue weighted by atomic mass is 32.2. The quantitative estimate of drug-likeness (QED) is 0.254. The van der Waals surface area contributed by atoms with Crippen LogP contribution >= 0.6 is 11.8 Å². The molecule has 1 atom stereocenters. The van der Waals surface area contributed by atoms with E-state index in [1.165, 1.54) is 12.1 Å². The SMILES string of the molecule is CCOC(=O)C1=c2/c(=C/c3ccc(OCC)cc3)c(N)c(S(=O)(=O)c3ccccc3)n2C(=O)C(c2ccc(OCC)cc2)S1. The summed E-state index contributed by atoms with van der Waals surface area (Å²) in [7, 11) is -4.33. The lowest BCUT2D eigenvalue weighted by Crippen LogP contribution is -2.42. The Labute approximate surface area is 259 Å². The van der Waals surface area contributed by atoms with Crippen molar-refractivity contribution in [3.63, 3.8) is 0 Å². The van der Waals surface area contributed by atoms with Crippen molar-refractivity contribution < 1.29 is 32.2 Å². The molecule has 0 spiro atoms. The number of rotatable bonds is 10. The van der Waals surface area contributed by atoms with Gasteiger partial charge in [-0.05, 0) is 74.4 Å². The van der Waals surface area contributed by atoms with Crippen LogP contribution in [0.25, 0.3) is 11.0 Å². The fourth-order valence-corrected chi connectivity index (χ4v) is 7.70. The lowest BCUT2D eigenvalue weighted by atomic mass is 10.1. The van der Waals surface area contributed by atoms with Crippen LogP contribution in [0.1, 0.15) is 41.9 Å². The van der Waals surface area contributed by atoms with Gasteiger partial charge in [0.1, 0.15) is 21.7 Å². The predicted molar refractivity (Wildman–Crippen MR) is 170 cm³/mol. The highest BCUT2D eigenvalue weighted by molar-refractivity contribution is 8.10. The van der Waals surface area contributed by atoms with Gasteiger partial charge in [-0.25, -0.2) is 13.2 Å². The molecule has 228 valence electrons. The van der Waals surface area contributed by atoms with Crippen molar-refractivity contribution >= 4 is 50.1 Å². The minimum atomic E-state index is -4.33. The molecule has 9 nitrogen and oxygen atoms in total. The van der Waals surface area contributed by atoms with Crippen LogP contribution in [-0.2, 0) is 19.4 Å². The monoisotopic (exact) mass is 632 g/mol. The number of ether oxygens (including phenoxy) is 3. The first-order valence-electron chi connectivity index (χ1n) is 14.1. The third kappa shape index (κ3) is 5.85. The van der Waals surface area contributed by atoms with E-state index in [-0.39, 0.29) is 32.7 Å². The van der Waals surface area contributed by atoms with Gasteiger partial charge in [-0.3, -0.25) is 9.36 Å². The van der Waals surface area contributed by atoms with E-state index >= 15 is 0 Å². The Hall–Kier alpha value is -4.48. The van der Waals surface area contributed by atoms with Crippen LogP contribution in [-0.4, -0.2) is 44.7 Å². The van der Waals surface area contributed by atoms with E-state index in [9.17, 15) is 18.0 Å². The second-order valence-corrected chi connectivity index (χ2v) is 12.6. The summed E-state index contributed by atoms with van der Waals surface area (Å²) in [5.74, 6) is 0.0237. The molecule has 0 amide bonds. The van der Waals surface area contributed by atoms with Gasteiger partial charge in [0, 0.05) is 5.22 Å². The Morgan fingerprint density at radius 1 is 0.886 bits per heavy atom. The minimum Gasteiger partial charge on any atom is -0.494 e. The van der Waals surface area contributed by atoms with Gasteiger partial charge < -0.3 is 19.9 Å². The zero-order valence-corrected chi connectivity index (χ0v) is 26.1. The molecule has 0 fully saturated rings. The van der Waals surface area contributed by atoms with Crippen LogP contribution in [0.2, 0.25) is 0 Å². The highest BCUT2D eigenvalue weighted by Crippen LogP contribution is 2.41. The van der Waals surface area contributed by atoms with Gasteiger partial charge in [0.15, 0.2) is 5.03 Å². The Morgan fingerprint density at radius 3 is 2.05 bits per heavy atom.